The molecule has 0 atom stereocenters. The molecule has 0 saturated heterocycles. The average Bonchev–Trinajstić information content (AvgIpc) is 3.00. The maximum absolute atomic E-state index is 12.0. The van der Waals surface area contributed by atoms with Crippen LogP contribution >= 0.6 is 11.6 Å². The number of carbonyl (C=O) groups excluding carboxylic acids is 1. The third-order valence-electron chi connectivity index (χ3n) is 6.26. The van der Waals surface area contributed by atoms with Crippen LogP contribution in [0.15, 0.2) is 38.3 Å². The maximum atomic E-state index is 12.0. The van der Waals surface area contributed by atoms with Crippen molar-refractivity contribution in [1.29, 1.82) is 0 Å². The molecule has 4 rings (SSSR count). The Morgan fingerprint density at radius 3 is 2.63 bits per heavy atom. The number of alkyl halides is 1. The molecule has 2 amide bonds. The van der Waals surface area contributed by atoms with Crippen LogP contribution in [-0.2, 0) is 6.42 Å². The number of urea groups is 1. The zero-order valence-electron chi connectivity index (χ0n) is 20.3. The lowest BCUT2D eigenvalue weighted by atomic mass is 9.87. The van der Waals surface area contributed by atoms with Gasteiger partial charge in [-0.2, -0.15) is 5.01 Å². The number of halogens is 1. The van der Waals surface area contributed by atoms with Gasteiger partial charge in [0.15, 0.2) is 5.43 Å². The van der Waals surface area contributed by atoms with Crippen molar-refractivity contribution in [3.8, 4) is 11.5 Å². The van der Waals surface area contributed by atoms with E-state index < -0.39 is 6.03 Å². The molecule has 0 bridgehead atoms. The molecular formula is C25H32ClN3O6. The second-order valence-corrected chi connectivity index (χ2v) is 9.52. The van der Waals surface area contributed by atoms with E-state index in [4.69, 9.17) is 20.8 Å². The molecule has 1 aromatic carbocycles. The number of benzene rings is 1. The third-order valence-corrected chi connectivity index (χ3v) is 6.43. The number of allylic oxidation sites excluding steroid dienone is 1. The number of hydrogen-bond donors (Lipinski definition) is 2. The van der Waals surface area contributed by atoms with E-state index in [2.05, 4.69) is 17.5 Å². The molecule has 1 aliphatic heterocycles. The standard InChI is InChI=1S/C15H14O4.C10H18ClN3O2/c1-8-3-4-10-12(18-7-8)6-13-14(15(10)17)11(16)5-9(2)19-13;1-8-2-4-9(5-3-8)12-10(15)14(13-16)7-6-11/h3,5-6,17H,4,7H2,1-2H3;8-9H,2-7H2,1H3,(H,12,15). The van der Waals surface area contributed by atoms with Gasteiger partial charge in [0.1, 0.15) is 34.8 Å². The minimum atomic E-state index is -0.435. The van der Waals surface area contributed by atoms with Gasteiger partial charge in [-0.3, -0.25) is 4.79 Å². The lowest BCUT2D eigenvalue weighted by molar-refractivity contribution is 0.191. The molecule has 2 aliphatic rings. The summed E-state index contributed by atoms with van der Waals surface area (Å²) >= 11 is 5.46. The molecule has 0 spiro atoms. The lowest BCUT2D eigenvalue weighted by Crippen LogP contribution is -2.44. The molecule has 2 heterocycles. The van der Waals surface area contributed by atoms with E-state index in [0.29, 0.717) is 35.7 Å². The van der Waals surface area contributed by atoms with E-state index in [9.17, 15) is 19.6 Å². The molecule has 10 heteroatoms. The van der Waals surface area contributed by atoms with Crippen molar-refractivity contribution in [2.75, 3.05) is 19.0 Å². The summed E-state index contributed by atoms with van der Waals surface area (Å²) in [6.45, 7) is 6.52. The number of hydrogen-bond acceptors (Lipinski definition) is 7. The Hall–Kier alpha value is -3.07. The average molecular weight is 506 g/mol. The number of fused-ring (bicyclic) bond motifs is 2. The molecule has 0 radical (unpaired) electrons. The van der Waals surface area contributed by atoms with Crippen LogP contribution < -0.4 is 15.5 Å². The van der Waals surface area contributed by atoms with Crippen LogP contribution in [0.4, 0.5) is 4.79 Å². The molecule has 1 aromatic heterocycles. The Bertz CT molecular complexity index is 1150. The topological polar surface area (TPSA) is 121 Å². The summed E-state index contributed by atoms with van der Waals surface area (Å²) in [5, 5.41) is 16.8. The summed E-state index contributed by atoms with van der Waals surface area (Å²) in [7, 11) is 0. The minimum absolute atomic E-state index is 0.0350. The highest BCUT2D eigenvalue weighted by atomic mass is 35.5. The van der Waals surface area contributed by atoms with E-state index >= 15 is 0 Å². The number of aromatic hydroxyl groups is 1. The Morgan fingerprint density at radius 1 is 1.26 bits per heavy atom. The highest BCUT2D eigenvalue weighted by Gasteiger charge is 2.22. The summed E-state index contributed by atoms with van der Waals surface area (Å²) in [5.74, 6) is 2.00. The first-order valence-corrected chi connectivity index (χ1v) is 12.3. The number of phenolic OH excluding ortho intramolecular Hbond substituents is 1. The quantitative estimate of drug-likeness (QED) is 0.255. The molecule has 190 valence electrons. The fourth-order valence-corrected chi connectivity index (χ4v) is 4.37. The van der Waals surface area contributed by atoms with Crippen LogP contribution in [0, 0.1) is 17.7 Å². The zero-order valence-corrected chi connectivity index (χ0v) is 21.1. The predicted molar refractivity (Wildman–Crippen MR) is 135 cm³/mol. The molecule has 2 N–H and O–H groups in total. The molecule has 1 saturated carbocycles. The number of nitroso groups, excluding NO2 is 1. The normalized spacial score (nSPS) is 19.3. The number of amides is 2. The lowest BCUT2D eigenvalue weighted by Gasteiger charge is -2.27. The number of nitrogens with zero attached hydrogens (tertiary/aromatic N) is 2. The second kappa shape index (κ2) is 12.1. The molecule has 2 aromatic rings. The molecular weight excluding hydrogens is 474 g/mol. The maximum Gasteiger partial charge on any atom is 0.340 e. The summed E-state index contributed by atoms with van der Waals surface area (Å²) in [4.78, 5) is 33.9. The molecule has 35 heavy (non-hydrogen) atoms. The smallest absolute Gasteiger partial charge is 0.340 e. The first kappa shape index (κ1) is 26.5. The van der Waals surface area contributed by atoms with Gasteiger partial charge in [-0.1, -0.05) is 13.0 Å². The van der Waals surface area contributed by atoms with Gasteiger partial charge in [0, 0.05) is 29.6 Å². The summed E-state index contributed by atoms with van der Waals surface area (Å²) < 4.78 is 11.1. The largest absolute Gasteiger partial charge is 0.507 e. The Kier molecular flexibility index (Phi) is 9.14. The van der Waals surface area contributed by atoms with E-state index in [1.807, 2.05) is 13.0 Å². The predicted octanol–water partition coefficient (Wildman–Crippen LogP) is 5.19. The number of phenols is 1. The van der Waals surface area contributed by atoms with Crippen molar-refractivity contribution in [3.63, 3.8) is 0 Å². The van der Waals surface area contributed by atoms with Crippen LogP contribution in [0.2, 0.25) is 0 Å². The molecule has 1 fully saturated rings. The first-order chi connectivity index (χ1) is 16.7. The summed E-state index contributed by atoms with van der Waals surface area (Å²) in [5.41, 5.74) is 1.86. The number of rotatable bonds is 4. The molecule has 9 nitrogen and oxygen atoms in total. The summed E-state index contributed by atoms with van der Waals surface area (Å²) in [6.07, 6.45) is 6.73. The SMILES string of the molecule is CC1=CCc2c(cc3oc(C)cc(=O)c3c2O)OC1.CC1CCC(NC(=O)N(CCCl)N=O)CC1. The Labute approximate surface area is 209 Å². The zero-order chi connectivity index (χ0) is 25.5. The van der Waals surface area contributed by atoms with E-state index in [0.717, 1.165) is 42.2 Å². The Balaban J connectivity index is 0.000000199. The number of nitrogens with one attached hydrogen (secondary N) is 1. The number of ether oxygens (including phenoxy) is 1. The van der Waals surface area contributed by atoms with Gasteiger partial charge in [0.2, 0.25) is 0 Å². The van der Waals surface area contributed by atoms with Crippen LogP contribution in [-0.4, -0.2) is 41.2 Å². The van der Waals surface area contributed by atoms with Crippen molar-refractivity contribution < 1.29 is 19.1 Å². The van der Waals surface area contributed by atoms with Gasteiger partial charge in [0.25, 0.3) is 0 Å². The van der Waals surface area contributed by atoms with Gasteiger partial charge in [0.05, 0.1) is 11.8 Å². The minimum Gasteiger partial charge on any atom is -0.507 e. The monoisotopic (exact) mass is 505 g/mol. The first-order valence-electron chi connectivity index (χ1n) is 11.8. The summed E-state index contributed by atoms with van der Waals surface area (Å²) in [6, 6.07) is 2.80. The van der Waals surface area contributed by atoms with E-state index in [1.54, 1.807) is 13.0 Å². The van der Waals surface area contributed by atoms with Crippen LogP contribution in [0.25, 0.3) is 11.0 Å². The van der Waals surface area contributed by atoms with Crippen molar-refractivity contribution in [3.05, 3.63) is 50.2 Å². The van der Waals surface area contributed by atoms with E-state index in [1.165, 1.54) is 6.07 Å². The van der Waals surface area contributed by atoms with Crippen LogP contribution in [0.1, 0.15) is 50.9 Å². The van der Waals surface area contributed by atoms with Crippen molar-refractivity contribution in [2.24, 2.45) is 11.2 Å². The van der Waals surface area contributed by atoms with Crippen molar-refractivity contribution >= 4 is 28.6 Å². The second-order valence-electron chi connectivity index (χ2n) is 9.14. The molecule has 0 unspecified atom stereocenters. The van der Waals surface area contributed by atoms with Gasteiger partial charge >= 0.3 is 6.03 Å². The highest BCUT2D eigenvalue weighted by molar-refractivity contribution is 6.18. The van der Waals surface area contributed by atoms with Crippen LogP contribution in [0.3, 0.4) is 0 Å². The Morgan fingerprint density at radius 2 is 1.97 bits per heavy atom. The van der Waals surface area contributed by atoms with Gasteiger partial charge in [-0.15, -0.1) is 16.5 Å². The van der Waals surface area contributed by atoms with Crippen molar-refractivity contribution in [2.45, 2.75) is 58.9 Å². The van der Waals surface area contributed by atoms with E-state index in [-0.39, 0.29) is 35.0 Å². The van der Waals surface area contributed by atoms with Crippen molar-refractivity contribution in [1.82, 2.24) is 10.3 Å². The third kappa shape index (κ3) is 6.75. The number of carbonyl (C=O) groups is 1. The fraction of sp³-hybridized carbons (Fsp3) is 0.520. The van der Waals surface area contributed by atoms with Gasteiger partial charge in [-0.05, 0) is 57.4 Å². The number of aryl methyl sites for hydroxylation is 1. The van der Waals surface area contributed by atoms with Crippen LogP contribution in [0.5, 0.6) is 11.5 Å². The van der Waals surface area contributed by atoms with Gasteiger partial charge in [-0.25, -0.2) is 4.79 Å². The molecule has 1 aliphatic carbocycles. The fourth-order valence-electron chi connectivity index (χ4n) is 4.21. The van der Waals surface area contributed by atoms with Gasteiger partial charge < -0.3 is 19.6 Å². The highest BCUT2D eigenvalue weighted by Crippen LogP contribution is 2.37.